The number of nitrogens with two attached hydrogens (primary N) is 1. The average molecular weight is 280 g/mol. The Labute approximate surface area is 117 Å². The highest BCUT2D eigenvalue weighted by atomic mass is 16.5. The van der Waals surface area contributed by atoms with Gasteiger partial charge in [-0.15, -0.1) is 0 Å². The third kappa shape index (κ3) is 4.41. The van der Waals surface area contributed by atoms with Crippen molar-refractivity contribution in [2.24, 2.45) is 5.84 Å². The van der Waals surface area contributed by atoms with Crippen molar-refractivity contribution in [2.45, 2.75) is 6.42 Å². The number of amides is 1. The minimum atomic E-state index is -0.219. The lowest BCUT2D eigenvalue weighted by Crippen LogP contribution is -2.38. The number of ether oxygens (including phenoxy) is 1. The Balaban J connectivity index is 1.66. The molecule has 1 fully saturated rings. The van der Waals surface area contributed by atoms with E-state index in [9.17, 15) is 4.79 Å². The van der Waals surface area contributed by atoms with Crippen molar-refractivity contribution in [3.8, 4) is 0 Å². The van der Waals surface area contributed by atoms with Crippen molar-refractivity contribution >= 4 is 11.7 Å². The SMILES string of the molecule is NNc1cnc(C(=O)NCCCN2CCOCC2)cn1. The van der Waals surface area contributed by atoms with E-state index in [0.29, 0.717) is 12.4 Å². The molecule has 0 atom stereocenters. The van der Waals surface area contributed by atoms with E-state index in [0.717, 1.165) is 39.3 Å². The van der Waals surface area contributed by atoms with Gasteiger partial charge in [-0.3, -0.25) is 9.69 Å². The number of nitrogens with zero attached hydrogens (tertiary/aromatic N) is 3. The molecule has 0 spiro atoms. The maximum atomic E-state index is 11.8. The van der Waals surface area contributed by atoms with Gasteiger partial charge in [-0.05, 0) is 13.0 Å². The number of nitrogens with one attached hydrogen (secondary N) is 2. The van der Waals surface area contributed by atoms with Gasteiger partial charge < -0.3 is 15.5 Å². The molecule has 8 nitrogen and oxygen atoms in total. The maximum absolute atomic E-state index is 11.8. The standard InChI is InChI=1S/C12H20N6O2/c13-17-11-9-15-10(8-16-11)12(19)14-2-1-3-18-4-6-20-7-5-18/h8-9H,1-7,13H2,(H,14,19)(H,16,17). The highest BCUT2D eigenvalue weighted by Crippen LogP contribution is 2.00. The Morgan fingerprint density at radius 1 is 1.35 bits per heavy atom. The quantitative estimate of drug-likeness (QED) is 0.356. The first kappa shape index (κ1) is 14.6. The van der Waals surface area contributed by atoms with Crippen LogP contribution < -0.4 is 16.6 Å². The first-order valence-corrected chi connectivity index (χ1v) is 6.66. The number of morpholine rings is 1. The number of hydrogen-bond donors (Lipinski definition) is 3. The van der Waals surface area contributed by atoms with Crippen LogP contribution in [0, 0.1) is 0 Å². The Morgan fingerprint density at radius 2 is 2.15 bits per heavy atom. The molecule has 4 N–H and O–H groups in total. The highest BCUT2D eigenvalue weighted by molar-refractivity contribution is 5.91. The molecule has 20 heavy (non-hydrogen) atoms. The van der Waals surface area contributed by atoms with Crippen LogP contribution in [-0.2, 0) is 4.74 Å². The Kier molecular flexibility index (Phi) is 5.66. The third-order valence-corrected chi connectivity index (χ3v) is 3.07. The Morgan fingerprint density at radius 3 is 2.80 bits per heavy atom. The summed E-state index contributed by atoms with van der Waals surface area (Å²) in [5.41, 5.74) is 2.65. The lowest BCUT2D eigenvalue weighted by atomic mass is 10.3. The van der Waals surface area contributed by atoms with E-state index in [1.807, 2.05) is 0 Å². The summed E-state index contributed by atoms with van der Waals surface area (Å²) in [6, 6.07) is 0. The van der Waals surface area contributed by atoms with Crippen molar-refractivity contribution in [2.75, 3.05) is 44.8 Å². The molecule has 2 rings (SSSR count). The molecule has 1 amide bonds. The first-order chi connectivity index (χ1) is 9.79. The summed E-state index contributed by atoms with van der Waals surface area (Å²) >= 11 is 0. The number of hydrazine groups is 1. The molecular weight excluding hydrogens is 260 g/mol. The molecule has 0 aliphatic carbocycles. The zero-order valence-electron chi connectivity index (χ0n) is 11.3. The average Bonchev–Trinajstić information content (AvgIpc) is 2.52. The van der Waals surface area contributed by atoms with Crippen LogP contribution in [0.3, 0.4) is 0 Å². The number of anilines is 1. The topological polar surface area (TPSA) is 105 Å². The molecule has 0 bridgehead atoms. The monoisotopic (exact) mass is 280 g/mol. The summed E-state index contributed by atoms with van der Waals surface area (Å²) in [5, 5.41) is 2.82. The number of carbonyl (C=O) groups is 1. The van der Waals surface area contributed by atoms with Crippen molar-refractivity contribution in [3.05, 3.63) is 18.1 Å². The van der Waals surface area contributed by atoms with E-state index in [1.54, 1.807) is 0 Å². The molecule has 0 aromatic carbocycles. The lowest BCUT2D eigenvalue weighted by Gasteiger charge is -2.26. The smallest absolute Gasteiger partial charge is 0.271 e. The van der Waals surface area contributed by atoms with E-state index in [4.69, 9.17) is 10.6 Å². The van der Waals surface area contributed by atoms with Crippen LogP contribution in [0.5, 0.6) is 0 Å². The second-order valence-corrected chi connectivity index (χ2v) is 4.49. The zero-order valence-corrected chi connectivity index (χ0v) is 11.3. The van der Waals surface area contributed by atoms with Gasteiger partial charge in [0.1, 0.15) is 5.69 Å². The summed E-state index contributed by atoms with van der Waals surface area (Å²) in [5.74, 6) is 5.38. The lowest BCUT2D eigenvalue weighted by molar-refractivity contribution is 0.0374. The van der Waals surface area contributed by atoms with Crippen LogP contribution in [-0.4, -0.2) is 60.2 Å². The fourth-order valence-electron chi connectivity index (χ4n) is 1.94. The van der Waals surface area contributed by atoms with Crippen LogP contribution in [0.2, 0.25) is 0 Å². The molecular formula is C12H20N6O2. The predicted octanol–water partition coefficient (Wildman–Crippen LogP) is -0.786. The number of rotatable bonds is 6. The first-order valence-electron chi connectivity index (χ1n) is 6.66. The highest BCUT2D eigenvalue weighted by Gasteiger charge is 2.10. The van der Waals surface area contributed by atoms with Crippen LogP contribution in [0.25, 0.3) is 0 Å². The molecule has 0 saturated carbocycles. The third-order valence-electron chi connectivity index (χ3n) is 3.07. The van der Waals surface area contributed by atoms with Crippen molar-refractivity contribution in [3.63, 3.8) is 0 Å². The van der Waals surface area contributed by atoms with E-state index in [1.165, 1.54) is 12.4 Å². The number of carbonyl (C=O) groups excluding carboxylic acids is 1. The zero-order chi connectivity index (χ0) is 14.2. The largest absolute Gasteiger partial charge is 0.379 e. The number of nitrogen functional groups attached to an aromatic ring is 1. The van der Waals surface area contributed by atoms with Gasteiger partial charge in [-0.2, -0.15) is 0 Å². The Hall–Kier alpha value is -1.77. The van der Waals surface area contributed by atoms with E-state index >= 15 is 0 Å². The fraction of sp³-hybridized carbons (Fsp3) is 0.583. The normalized spacial score (nSPS) is 15.8. The molecule has 8 heteroatoms. The molecule has 0 unspecified atom stereocenters. The van der Waals surface area contributed by atoms with Gasteiger partial charge in [-0.25, -0.2) is 15.8 Å². The summed E-state index contributed by atoms with van der Waals surface area (Å²) in [6.45, 7) is 5.10. The van der Waals surface area contributed by atoms with E-state index < -0.39 is 0 Å². The molecule has 1 aromatic heterocycles. The molecule has 1 saturated heterocycles. The summed E-state index contributed by atoms with van der Waals surface area (Å²) in [7, 11) is 0. The van der Waals surface area contributed by atoms with Crippen molar-refractivity contribution in [1.29, 1.82) is 0 Å². The van der Waals surface area contributed by atoms with Gasteiger partial charge >= 0.3 is 0 Å². The minimum Gasteiger partial charge on any atom is -0.379 e. The molecule has 1 aliphatic rings. The van der Waals surface area contributed by atoms with Gasteiger partial charge in [0, 0.05) is 19.6 Å². The van der Waals surface area contributed by atoms with Crippen molar-refractivity contribution < 1.29 is 9.53 Å². The summed E-state index contributed by atoms with van der Waals surface area (Å²) in [6.07, 6.45) is 3.72. The number of aromatic nitrogens is 2. The molecule has 1 aliphatic heterocycles. The maximum Gasteiger partial charge on any atom is 0.271 e. The predicted molar refractivity (Wildman–Crippen MR) is 74.1 cm³/mol. The van der Waals surface area contributed by atoms with Gasteiger partial charge in [0.05, 0.1) is 25.6 Å². The van der Waals surface area contributed by atoms with Crippen LogP contribution >= 0.6 is 0 Å². The van der Waals surface area contributed by atoms with E-state index in [-0.39, 0.29) is 11.6 Å². The molecule has 1 aromatic rings. The van der Waals surface area contributed by atoms with Gasteiger partial charge in [0.25, 0.3) is 5.91 Å². The minimum absolute atomic E-state index is 0.219. The Bertz CT molecular complexity index is 418. The van der Waals surface area contributed by atoms with Crippen LogP contribution in [0.1, 0.15) is 16.9 Å². The van der Waals surface area contributed by atoms with Gasteiger partial charge in [-0.1, -0.05) is 0 Å². The second kappa shape index (κ2) is 7.73. The van der Waals surface area contributed by atoms with Crippen LogP contribution in [0.4, 0.5) is 5.82 Å². The molecule has 0 radical (unpaired) electrons. The van der Waals surface area contributed by atoms with Crippen LogP contribution in [0.15, 0.2) is 12.4 Å². The number of hydrogen-bond acceptors (Lipinski definition) is 7. The molecule has 2 heterocycles. The van der Waals surface area contributed by atoms with Gasteiger partial charge in [0.15, 0.2) is 5.82 Å². The van der Waals surface area contributed by atoms with Gasteiger partial charge in [0.2, 0.25) is 0 Å². The van der Waals surface area contributed by atoms with E-state index in [2.05, 4.69) is 25.6 Å². The molecule has 110 valence electrons. The summed E-state index contributed by atoms with van der Waals surface area (Å²) < 4.78 is 5.28. The fourth-order valence-corrected chi connectivity index (χ4v) is 1.94. The summed E-state index contributed by atoms with van der Waals surface area (Å²) in [4.78, 5) is 22.0. The second-order valence-electron chi connectivity index (χ2n) is 4.49. The van der Waals surface area contributed by atoms with Crippen molar-refractivity contribution in [1.82, 2.24) is 20.2 Å².